The molecule has 0 aromatic rings. The number of hydrogen-bond donors (Lipinski definition) is 0. The maximum Gasteiger partial charge on any atom is 0.336 e. The fourth-order valence-corrected chi connectivity index (χ4v) is 1.07. The highest BCUT2D eigenvalue weighted by Crippen LogP contribution is 1.97. The van der Waals surface area contributed by atoms with Crippen molar-refractivity contribution in [2.24, 2.45) is 0 Å². The van der Waals surface area contributed by atoms with Gasteiger partial charge in [0.15, 0.2) is 6.10 Å². The van der Waals surface area contributed by atoms with Crippen LogP contribution in [0.3, 0.4) is 0 Å². The SMILES string of the molecule is COC(=O)C(C)OS(C)(=O)=O. The van der Waals surface area contributed by atoms with Crippen LogP contribution in [0.2, 0.25) is 0 Å². The molecular formula is C5H10O5S. The average Bonchev–Trinajstić information content (AvgIpc) is 1.82. The van der Waals surface area contributed by atoms with Crippen molar-refractivity contribution in [3.63, 3.8) is 0 Å². The van der Waals surface area contributed by atoms with Gasteiger partial charge in [-0.2, -0.15) is 8.42 Å². The largest absolute Gasteiger partial charge is 0.467 e. The third-order valence-electron chi connectivity index (χ3n) is 0.852. The van der Waals surface area contributed by atoms with Crippen LogP contribution in [0.25, 0.3) is 0 Å². The third kappa shape index (κ3) is 4.74. The Morgan fingerprint density at radius 3 is 2.18 bits per heavy atom. The first-order valence-electron chi connectivity index (χ1n) is 2.83. The third-order valence-corrected chi connectivity index (χ3v) is 1.49. The van der Waals surface area contributed by atoms with Crippen LogP contribution >= 0.6 is 0 Å². The molecule has 0 amide bonds. The van der Waals surface area contributed by atoms with E-state index in [9.17, 15) is 13.2 Å². The fourth-order valence-electron chi connectivity index (χ4n) is 0.467. The molecule has 0 saturated heterocycles. The number of carbonyl (C=O) groups excluding carboxylic acids is 1. The summed E-state index contributed by atoms with van der Waals surface area (Å²) in [4.78, 5) is 10.6. The van der Waals surface area contributed by atoms with Gasteiger partial charge in [-0.05, 0) is 6.92 Å². The van der Waals surface area contributed by atoms with E-state index >= 15 is 0 Å². The van der Waals surface area contributed by atoms with Gasteiger partial charge in [-0.3, -0.25) is 4.18 Å². The van der Waals surface area contributed by atoms with Crippen molar-refractivity contribution in [3.8, 4) is 0 Å². The first-order valence-corrected chi connectivity index (χ1v) is 4.64. The van der Waals surface area contributed by atoms with Crippen LogP contribution in [0, 0.1) is 0 Å². The molecule has 66 valence electrons. The molecule has 0 heterocycles. The summed E-state index contributed by atoms with van der Waals surface area (Å²) >= 11 is 0. The number of methoxy groups -OCH3 is 1. The minimum absolute atomic E-state index is 0.713. The second-order valence-corrected chi connectivity index (χ2v) is 3.57. The Morgan fingerprint density at radius 2 is 1.91 bits per heavy atom. The summed E-state index contributed by atoms with van der Waals surface area (Å²) in [6.07, 6.45) is -0.207. The van der Waals surface area contributed by atoms with Crippen molar-refractivity contribution in [1.29, 1.82) is 0 Å². The van der Waals surface area contributed by atoms with Gasteiger partial charge < -0.3 is 4.74 Å². The van der Waals surface area contributed by atoms with E-state index in [1.165, 1.54) is 6.92 Å². The zero-order chi connectivity index (χ0) is 9.07. The van der Waals surface area contributed by atoms with Crippen molar-refractivity contribution in [2.45, 2.75) is 13.0 Å². The van der Waals surface area contributed by atoms with Gasteiger partial charge >= 0.3 is 5.97 Å². The Kier molecular flexibility index (Phi) is 3.47. The van der Waals surface area contributed by atoms with Gasteiger partial charge in [0.1, 0.15) is 0 Å². The number of esters is 1. The minimum Gasteiger partial charge on any atom is -0.467 e. The van der Waals surface area contributed by atoms with E-state index in [4.69, 9.17) is 0 Å². The Labute approximate surface area is 65.4 Å². The van der Waals surface area contributed by atoms with Crippen molar-refractivity contribution < 1.29 is 22.1 Å². The van der Waals surface area contributed by atoms with Crippen molar-refractivity contribution >= 4 is 16.1 Å². The molecule has 0 aliphatic carbocycles. The molecule has 5 nitrogen and oxygen atoms in total. The normalized spacial score (nSPS) is 14.1. The second kappa shape index (κ2) is 3.68. The van der Waals surface area contributed by atoms with Crippen LogP contribution in [0.1, 0.15) is 6.92 Å². The lowest BCUT2D eigenvalue weighted by Crippen LogP contribution is -2.24. The monoisotopic (exact) mass is 182 g/mol. The predicted octanol–water partition coefficient (Wildman–Crippen LogP) is -0.476. The Balaban J connectivity index is 4.09. The topological polar surface area (TPSA) is 69.7 Å². The molecule has 11 heavy (non-hydrogen) atoms. The molecule has 0 radical (unpaired) electrons. The van der Waals surface area contributed by atoms with E-state index in [1.807, 2.05) is 0 Å². The van der Waals surface area contributed by atoms with E-state index in [2.05, 4.69) is 8.92 Å². The molecule has 0 fully saturated rings. The lowest BCUT2D eigenvalue weighted by Gasteiger charge is -2.07. The van der Waals surface area contributed by atoms with Gasteiger partial charge in [-0.25, -0.2) is 4.79 Å². The molecule has 1 unspecified atom stereocenters. The molecule has 0 saturated carbocycles. The van der Waals surface area contributed by atoms with E-state index in [0.717, 1.165) is 13.4 Å². The molecule has 0 rings (SSSR count). The quantitative estimate of drug-likeness (QED) is 0.435. The maximum atomic E-state index is 10.6. The van der Waals surface area contributed by atoms with Crippen LogP contribution in [-0.4, -0.2) is 33.9 Å². The standard InChI is InChI=1S/C5H10O5S/c1-4(5(6)9-2)10-11(3,7)8/h4H,1-3H3. The van der Waals surface area contributed by atoms with E-state index < -0.39 is 22.2 Å². The summed E-state index contributed by atoms with van der Waals surface area (Å²) in [6, 6.07) is 0. The highest BCUT2D eigenvalue weighted by atomic mass is 32.2. The number of carbonyl (C=O) groups is 1. The van der Waals surface area contributed by atoms with Crippen LogP contribution in [0.15, 0.2) is 0 Å². The number of ether oxygens (including phenoxy) is 1. The van der Waals surface area contributed by atoms with Gasteiger partial charge in [0, 0.05) is 0 Å². The summed E-state index contributed by atoms with van der Waals surface area (Å²) in [5.74, 6) is -0.713. The summed E-state index contributed by atoms with van der Waals surface area (Å²) in [6.45, 7) is 1.30. The molecular weight excluding hydrogens is 172 g/mol. The molecule has 0 aromatic carbocycles. The molecule has 0 aromatic heterocycles. The van der Waals surface area contributed by atoms with Gasteiger partial charge in [-0.1, -0.05) is 0 Å². The van der Waals surface area contributed by atoms with Crippen LogP contribution in [0.5, 0.6) is 0 Å². The molecule has 0 spiro atoms. The number of rotatable bonds is 3. The molecule has 0 bridgehead atoms. The van der Waals surface area contributed by atoms with Crippen molar-refractivity contribution in [1.82, 2.24) is 0 Å². The fraction of sp³-hybridized carbons (Fsp3) is 0.800. The van der Waals surface area contributed by atoms with E-state index in [0.29, 0.717) is 0 Å². The Bertz CT molecular complexity index is 229. The van der Waals surface area contributed by atoms with Gasteiger partial charge in [0.25, 0.3) is 10.1 Å². The first-order chi connectivity index (χ1) is 4.87. The van der Waals surface area contributed by atoms with Gasteiger partial charge in [-0.15, -0.1) is 0 Å². The molecule has 0 aliphatic heterocycles. The smallest absolute Gasteiger partial charge is 0.336 e. The molecule has 0 N–H and O–H groups in total. The Morgan fingerprint density at radius 1 is 1.45 bits per heavy atom. The highest BCUT2D eigenvalue weighted by Gasteiger charge is 2.18. The summed E-state index contributed by atoms with van der Waals surface area (Å²) in [7, 11) is -2.42. The van der Waals surface area contributed by atoms with Gasteiger partial charge in [0.2, 0.25) is 0 Å². The molecule has 1 atom stereocenters. The van der Waals surface area contributed by atoms with E-state index in [-0.39, 0.29) is 0 Å². The van der Waals surface area contributed by atoms with Crippen LogP contribution in [0.4, 0.5) is 0 Å². The van der Waals surface area contributed by atoms with E-state index in [1.54, 1.807) is 0 Å². The molecule has 0 aliphatic rings. The van der Waals surface area contributed by atoms with Crippen molar-refractivity contribution in [3.05, 3.63) is 0 Å². The maximum absolute atomic E-state index is 10.6. The highest BCUT2D eigenvalue weighted by molar-refractivity contribution is 7.86. The second-order valence-electron chi connectivity index (χ2n) is 1.97. The first kappa shape index (κ1) is 10.4. The minimum atomic E-state index is -3.58. The Hall–Kier alpha value is -0.620. The number of hydrogen-bond acceptors (Lipinski definition) is 5. The van der Waals surface area contributed by atoms with Crippen molar-refractivity contribution in [2.75, 3.05) is 13.4 Å². The zero-order valence-corrected chi connectivity index (χ0v) is 7.34. The lowest BCUT2D eigenvalue weighted by atomic mass is 10.4. The zero-order valence-electron chi connectivity index (χ0n) is 6.53. The lowest BCUT2D eigenvalue weighted by molar-refractivity contribution is -0.147. The van der Waals surface area contributed by atoms with Crippen LogP contribution in [-0.2, 0) is 23.8 Å². The summed E-state index contributed by atoms with van der Waals surface area (Å²) in [5, 5.41) is 0. The van der Waals surface area contributed by atoms with Gasteiger partial charge in [0.05, 0.1) is 13.4 Å². The predicted molar refractivity (Wildman–Crippen MR) is 37.4 cm³/mol. The molecule has 6 heteroatoms. The van der Waals surface area contributed by atoms with Crippen LogP contribution < -0.4 is 0 Å². The summed E-state index contributed by atoms with van der Waals surface area (Å²) < 4.78 is 29.4. The average molecular weight is 182 g/mol. The summed E-state index contributed by atoms with van der Waals surface area (Å²) in [5.41, 5.74) is 0.